The first-order valence-electron chi connectivity index (χ1n) is 5.70. The molecule has 1 atom stereocenters. The maximum Gasteiger partial charge on any atom is 0.271 e. The third kappa shape index (κ3) is 3.70. The minimum absolute atomic E-state index is 0.0992. The number of nitrogens with one attached hydrogen (secondary N) is 1. The van der Waals surface area contributed by atoms with Crippen LogP contribution in [0.3, 0.4) is 0 Å². The number of nitrogens with zero attached hydrogens (tertiary/aromatic N) is 1. The predicted molar refractivity (Wildman–Crippen MR) is 70.8 cm³/mol. The molecule has 0 spiro atoms. The van der Waals surface area contributed by atoms with Crippen LogP contribution < -0.4 is 5.32 Å². The van der Waals surface area contributed by atoms with Crippen molar-refractivity contribution < 1.29 is 9.72 Å². The van der Waals surface area contributed by atoms with Crippen molar-refractivity contribution in [2.75, 3.05) is 5.32 Å². The van der Waals surface area contributed by atoms with Crippen molar-refractivity contribution in [1.29, 1.82) is 0 Å². The minimum atomic E-state index is -0.526. The summed E-state index contributed by atoms with van der Waals surface area (Å²) in [5, 5.41) is 13.5. The molecule has 1 amide bonds. The second kappa shape index (κ2) is 6.35. The Bertz CT molecular complexity index is 463. The van der Waals surface area contributed by atoms with Crippen LogP contribution in [0.1, 0.15) is 26.7 Å². The number of hydrogen-bond acceptors (Lipinski definition) is 3. The van der Waals surface area contributed by atoms with Crippen molar-refractivity contribution in [2.24, 2.45) is 5.92 Å². The summed E-state index contributed by atoms with van der Waals surface area (Å²) in [5.41, 5.74) is 0.177. The average molecular weight is 271 g/mol. The van der Waals surface area contributed by atoms with Gasteiger partial charge in [0.15, 0.2) is 0 Å². The van der Waals surface area contributed by atoms with Crippen LogP contribution in [0.4, 0.5) is 11.4 Å². The van der Waals surface area contributed by atoms with E-state index in [1.165, 1.54) is 18.2 Å². The standard InChI is InChI=1S/C12H15ClN2O3/c1-3-4-8(2)12(16)14-11-7-9(15(17)18)5-6-10(11)13/h5-8H,3-4H2,1-2H3,(H,14,16)/t8-/m1/s1. The fraction of sp³-hybridized carbons (Fsp3) is 0.417. The number of carbonyl (C=O) groups is 1. The van der Waals surface area contributed by atoms with Gasteiger partial charge in [0.05, 0.1) is 15.6 Å². The third-order valence-electron chi connectivity index (χ3n) is 2.59. The highest BCUT2D eigenvalue weighted by atomic mass is 35.5. The van der Waals surface area contributed by atoms with Crippen molar-refractivity contribution in [1.82, 2.24) is 0 Å². The van der Waals surface area contributed by atoms with Crippen LogP contribution in [0, 0.1) is 16.0 Å². The summed E-state index contributed by atoms with van der Waals surface area (Å²) in [6.45, 7) is 3.80. The molecule has 0 saturated carbocycles. The summed E-state index contributed by atoms with van der Waals surface area (Å²) >= 11 is 5.89. The molecule has 0 aromatic heterocycles. The number of halogens is 1. The number of benzene rings is 1. The zero-order chi connectivity index (χ0) is 13.7. The lowest BCUT2D eigenvalue weighted by atomic mass is 10.1. The Labute approximate surface area is 110 Å². The van der Waals surface area contributed by atoms with Gasteiger partial charge in [-0.2, -0.15) is 0 Å². The highest BCUT2D eigenvalue weighted by Crippen LogP contribution is 2.27. The van der Waals surface area contributed by atoms with E-state index in [1.54, 1.807) is 0 Å². The lowest BCUT2D eigenvalue weighted by Gasteiger charge is -2.12. The molecule has 1 aromatic carbocycles. The summed E-state index contributed by atoms with van der Waals surface area (Å²) in [6.07, 6.45) is 1.66. The molecule has 98 valence electrons. The first kappa shape index (κ1) is 14.4. The van der Waals surface area contributed by atoms with Gasteiger partial charge in [-0.3, -0.25) is 14.9 Å². The summed E-state index contributed by atoms with van der Waals surface area (Å²) < 4.78 is 0. The topological polar surface area (TPSA) is 72.2 Å². The van der Waals surface area contributed by atoms with Crippen LogP contribution in [0.15, 0.2) is 18.2 Å². The molecule has 0 aliphatic rings. The number of amides is 1. The molecule has 0 aliphatic carbocycles. The van der Waals surface area contributed by atoms with Gasteiger partial charge in [-0.05, 0) is 12.5 Å². The van der Waals surface area contributed by atoms with Crippen LogP contribution in [-0.4, -0.2) is 10.8 Å². The quantitative estimate of drug-likeness (QED) is 0.656. The molecule has 1 rings (SSSR count). The number of anilines is 1. The molecule has 0 bridgehead atoms. The first-order chi connectivity index (χ1) is 8.45. The predicted octanol–water partition coefficient (Wildman–Crippen LogP) is 3.62. The van der Waals surface area contributed by atoms with E-state index < -0.39 is 4.92 Å². The van der Waals surface area contributed by atoms with E-state index >= 15 is 0 Å². The Hall–Kier alpha value is -1.62. The average Bonchev–Trinajstić information content (AvgIpc) is 2.31. The van der Waals surface area contributed by atoms with Crippen LogP contribution in [-0.2, 0) is 4.79 Å². The largest absolute Gasteiger partial charge is 0.324 e. The summed E-state index contributed by atoms with van der Waals surface area (Å²) in [5.74, 6) is -0.329. The molecule has 18 heavy (non-hydrogen) atoms. The molecule has 5 nitrogen and oxygen atoms in total. The van der Waals surface area contributed by atoms with Crippen molar-refractivity contribution in [3.63, 3.8) is 0 Å². The maximum absolute atomic E-state index is 11.8. The molecule has 1 aromatic rings. The van der Waals surface area contributed by atoms with Crippen molar-refractivity contribution in [3.05, 3.63) is 33.3 Å². The van der Waals surface area contributed by atoms with Gasteiger partial charge >= 0.3 is 0 Å². The molecule has 0 fully saturated rings. The summed E-state index contributed by atoms with van der Waals surface area (Å²) in [7, 11) is 0. The van der Waals surface area contributed by atoms with Crippen LogP contribution in [0.2, 0.25) is 5.02 Å². The zero-order valence-corrected chi connectivity index (χ0v) is 11.0. The van der Waals surface area contributed by atoms with Crippen molar-refractivity contribution in [3.8, 4) is 0 Å². The van der Waals surface area contributed by atoms with Gasteiger partial charge in [0.2, 0.25) is 5.91 Å². The first-order valence-corrected chi connectivity index (χ1v) is 6.08. The normalized spacial score (nSPS) is 11.9. The van der Waals surface area contributed by atoms with E-state index in [9.17, 15) is 14.9 Å². The van der Waals surface area contributed by atoms with E-state index in [4.69, 9.17) is 11.6 Å². The van der Waals surface area contributed by atoms with E-state index in [0.717, 1.165) is 12.8 Å². The van der Waals surface area contributed by atoms with Gasteiger partial charge in [-0.15, -0.1) is 0 Å². The minimum Gasteiger partial charge on any atom is -0.324 e. The number of rotatable bonds is 5. The monoisotopic (exact) mass is 270 g/mol. The molecule has 0 unspecified atom stereocenters. The molecule has 0 heterocycles. The second-order valence-electron chi connectivity index (χ2n) is 4.10. The van der Waals surface area contributed by atoms with E-state index in [2.05, 4.69) is 5.32 Å². The van der Waals surface area contributed by atoms with Gasteiger partial charge < -0.3 is 5.32 Å². The third-order valence-corrected chi connectivity index (χ3v) is 2.92. The molecule has 6 heteroatoms. The second-order valence-corrected chi connectivity index (χ2v) is 4.51. The van der Waals surface area contributed by atoms with Gasteiger partial charge in [0.1, 0.15) is 0 Å². The van der Waals surface area contributed by atoms with Crippen molar-refractivity contribution in [2.45, 2.75) is 26.7 Å². The Morgan fingerprint density at radius 2 is 2.22 bits per heavy atom. The molecule has 0 saturated heterocycles. The fourth-order valence-corrected chi connectivity index (χ4v) is 1.71. The van der Waals surface area contributed by atoms with E-state index in [0.29, 0.717) is 0 Å². The number of hydrogen-bond donors (Lipinski definition) is 1. The smallest absolute Gasteiger partial charge is 0.271 e. The Kier molecular flexibility index (Phi) is 5.09. The molecule has 1 N–H and O–H groups in total. The zero-order valence-electron chi connectivity index (χ0n) is 10.3. The highest BCUT2D eigenvalue weighted by Gasteiger charge is 2.15. The number of carbonyl (C=O) groups excluding carboxylic acids is 1. The molecule has 0 aliphatic heterocycles. The SMILES string of the molecule is CCC[C@@H](C)C(=O)Nc1cc([N+](=O)[O-])ccc1Cl. The van der Waals surface area contributed by atoms with Gasteiger partial charge in [-0.25, -0.2) is 0 Å². The Balaban J connectivity index is 2.86. The maximum atomic E-state index is 11.8. The Morgan fingerprint density at radius 1 is 1.56 bits per heavy atom. The number of nitro benzene ring substituents is 1. The lowest BCUT2D eigenvalue weighted by Crippen LogP contribution is -2.20. The summed E-state index contributed by atoms with van der Waals surface area (Å²) in [4.78, 5) is 21.9. The fourth-order valence-electron chi connectivity index (χ4n) is 1.54. The van der Waals surface area contributed by atoms with E-state index in [1.807, 2.05) is 13.8 Å². The molecular formula is C12H15ClN2O3. The van der Waals surface area contributed by atoms with Gasteiger partial charge in [-0.1, -0.05) is 31.9 Å². The van der Waals surface area contributed by atoms with Crippen LogP contribution >= 0.6 is 11.6 Å². The van der Waals surface area contributed by atoms with Crippen LogP contribution in [0.5, 0.6) is 0 Å². The lowest BCUT2D eigenvalue weighted by molar-refractivity contribution is -0.384. The summed E-state index contributed by atoms with van der Waals surface area (Å²) in [6, 6.07) is 3.96. The number of non-ortho nitro benzene ring substituents is 1. The highest BCUT2D eigenvalue weighted by molar-refractivity contribution is 6.33. The number of nitro groups is 1. The van der Waals surface area contributed by atoms with Crippen molar-refractivity contribution >= 4 is 28.9 Å². The van der Waals surface area contributed by atoms with Gasteiger partial charge in [0.25, 0.3) is 5.69 Å². The van der Waals surface area contributed by atoms with Crippen LogP contribution in [0.25, 0.3) is 0 Å². The van der Waals surface area contributed by atoms with E-state index in [-0.39, 0.29) is 28.2 Å². The molecular weight excluding hydrogens is 256 g/mol. The van der Waals surface area contributed by atoms with Gasteiger partial charge in [0, 0.05) is 18.1 Å². The molecule has 0 radical (unpaired) electrons. The Morgan fingerprint density at radius 3 is 2.78 bits per heavy atom.